The summed E-state index contributed by atoms with van der Waals surface area (Å²) in [5.41, 5.74) is 1.12. The molecule has 0 aliphatic carbocycles. The first-order chi connectivity index (χ1) is 9.04. The molecule has 1 aromatic carbocycles. The van der Waals surface area contributed by atoms with Gasteiger partial charge in [-0.3, -0.25) is 4.79 Å². The average Bonchev–Trinajstić information content (AvgIpc) is 2.40. The van der Waals surface area contributed by atoms with Gasteiger partial charge in [0.2, 0.25) is 5.91 Å². The molecule has 0 aliphatic rings. The van der Waals surface area contributed by atoms with Crippen molar-refractivity contribution >= 4 is 37.8 Å². The predicted molar refractivity (Wildman–Crippen MR) is 83.0 cm³/mol. The van der Waals surface area contributed by atoms with Gasteiger partial charge in [0, 0.05) is 29.1 Å². The lowest BCUT2D eigenvalue weighted by atomic mass is 10.2. The van der Waals surface area contributed by atoms with Crippen molar-refractivity contribution in [3.05, 3.63) is 32.7 Å². The van der Waals surface area contributed by atoms with Gasteiger partial charge in [-0.1, -0.05) is 6.07 Å². The predicted octanol–water partition coefficient (Wildman–Crippen LogP) is 2.45. The number of nitrogens with one attached hydrogen (secondary N) is 2. The molecular formula is C13H18Br2N2O2. The van der Waals surface area contributed by atoms with E-state index in [1.807, 2.05) is 25.1 Å². The van der Waals surface area contributed by atoms with E-state index in [-0.39, 0.29) is 11.9 Å². The molecule has 0 aliphatic heterocycles. The van der Waals surface area contributed by atoms with Crippen molar-refractivity contribution in [2.45, 2.75) is 19.5 Å². The molecule has 6 heteroatoms. The zero-order chi connectivity index (χ0) is 14.3. The molecule has 4 nitrogen and oxygen atoms in total. The van der Waals surface area contributed by atoms with Gasteiger partial charge < -0.3 is 15.4 Å². The van der Waals surface area contributed by atoms with Crippen LogP contribution in [0.1, 0.15) is 12.5 Å². The maximum absolute atomic E-state index is 11.7. The molecule has 0 spiro atoms. The van der Waals surface area contributed by atoms with Crippen molar-refractivity contribution in [2.24, 2.45) is 0 Å². The summed E-state index contributed by atoms with van der Waals surface area (Å²) in [6, 6.07) is 5.77. The second-order valence-corrected chi connectivity index (χ2v) is 5.84. The molecule has 0 fully saturated rings. The highest BCUT2D eigenvalue weighted by Gasteiger charge is 2.11. The minimum absolute atomic E-state index is 0.0202. The van der Waals surface area contributed by atoms with Gasteiger partial charge in [0.15, 0.2) is 0 Å². The summed E-state index contributed by atoms with van der Waals surface area (Å²) in [5.74, 6) is -0.0202. The van der Waals surface area contributed by atoms with E-state index in [9.17, 15) is 4.79 Å². The highest BCUT2D eigenvalue weighted by molar-refractivity contribution is 9.13. The van der Waals surface area contributed by atoms with Gasteiger partial charge in [0.05, 0.1) is 12.6 Å². The number of ether oxygens (including phenoxy) is 1. The van der Waals surface area contributed by atoms with Crippen molar-refractivity contribution in [3.63, 3.8) is 0 Å². The Morgan fingerprint density at radius 3 is 2.74 bits per heavy atom. The van der Waals surface area contributed by atoms with E-state index >= 15 is 0 Å². The molecule has 1 atom stereocenters. The first-order valence-electron chi connectivity index (χ1n) is 5.98. The van der Waals surface area contributed by atoms with Crippen LogP contribution in [0.3, 0.4) is 0 Å². The molecule has 0 bridgehead atoms. The van der Waals surface area contributed by atoms with Crippen molar-refractivity contribution < 1.29 is 9.53 Å². The first kappa shape index (κ1) is 16.6. The van der Waals surface area contributed by atoms with Gasteiger partial charge in [0.1, 0.15) is 0 Å². The van der Waals surface area contributed by atoms with E-state index in [1.54, 1.807) is 7.11 Å². The minimum atomic E-state index is -0.237. The molecule has 1 rings (SSSR count). The van der Waals surface area contributed by atoms with Crippen LogP contribution in [0.25, 0.3) is 0 Å². The molecule has 0 saturated carbocycles. The molecule has 106 valence electrons. The normalized spacial score (nSPS) is 12.2. The third-order valence-corrected chi connectivity index (χ3v) is 4.47. The molecule has 0 radical (unpaired) electrons. The van der Waals surface area contributed by atoms with Crippen LogP contribution in [-0.4, -0.2) is 32.2 Å². The fourth-order valence-corrected chi connectivity index (χ4v) is 2.12. The Bertz CT molecular complexity index is 427. The van der Waals surface area contributed by atoms with Crippen LogP contribution in [0, 0.1) is 0 Å². The first-order valence-corrected chi connectivity index (χ1v) is 7.57. The molecule has 1 amide bonds. The summed E-state index contributed by atoms with van der Waals surface area (Å²) in [5, 5.41) is 5.98. The Labute approximate surface area is 130 Å². The van der Waals surface area contributed by atoms with Crippen LogP contribution in [0.5, 0.6) is 0 Å². The minimum Gasteiger partial charge on any atom is -0.383 e. The van der Waals surface area contributed by atoms with Gasteiger partial charge in [-0.2, -0.15) is 0 Å². The van der Waals surface area contributed by atoms with E-state index in [0.29, 0.717) is 19.7 Å². The Morgan fingerprint density at radius 1 is 1.37 bits per heavy atom. The molecule has 1 aromatic rings. The Balaban J connectivity index is 2.38. The van der Waals surface area contributed by atoms with Crippen LogP contribution in [-0.2, 0) is 16.1 Å². The second kappa shape index (κ2) is 8.68. The van der Waals surface area contributed by atoms with E-state index in [2.05, 4.69) is 42.5 Å². The quantitative estimate of drug-likeness (QED) is 0.699. The SMILES string of the molecule is COCCNC(=O)C(C)NCc1ccc(Br)c(Br)c1. The summed E-state index contributed by atoms with van der Waals surface area (Å²) >= 11 is 6.88. The van der Waals surface area contributed by atoms with E-state index < -0.39 is 0 Å². The maximum atomic E-state index is 11.7. The Hall–Kier alpha value is -0.430. The van der Waals surface area contributed by atoms with Crippen LogP contribution in [0.4, 0.5) is 0 Å². The summed E-state index contributed by atoms with van der Waals surface area (Å²) in [6.07, 6.45) is 0. The van der Waals surface area contributed by atoms with Crippen LogP contribution >= 0.6 is 31.9 Å². The third-order valence-electron chi connectivity index (χ3n) is 2.60. The molecule has 0 heterocycles. The van der Waals surface area contributed by atoms with E-state index in [0.717, 1.165) is 14.5 Å². The summed E-state index contributed by atoms with van der Waals surface area (Å²) < 4.78 is 6.90. The lowest BCUT2D eigenvalue weighted by Crippen LogP contribution is -2.42. The van der Waals surface area contributed by atoms with E-state index in [4.69, 9.17) is 4.74 Å². The molecule has 2 N–H and O–H groups in total. The van der Waals surface area contributed by atoms with E-state index in [1.165, 1.54) is 0 Å². The van der Waals surface area contributed by atoms with Crippen molar-refractivity contribution in [2.75, 3.05) is 20.3 Å². The molecule has 0 aromatic heterocycles. The smallest absolute Gasteiger partial charge is 0.236 e. The lowest BCUT2D eigenvalue weighted by molar-refractivity contribution is -0.122. The summed E-state index contributed by atoms with van der Waals surface area (Å²) in [7, 11) is 1.61. The summed E-state index contributed by atoms with van der Waals surface area (Å²) in [4.78, 5) is 11.7. The van der Waals surface area contributed by atoms with Crippen molar-refractivity contribution in [3.8, 4) is 0 Å². The number of carbonyl (C=O) groups excluding carboxylic acids is 1. The summed E-state index contributed by atoms with van der Waals surface area (Å²) in [6.45, 7) is 3.55. The topological polar surface area (TPSA) is 50.4 Å². The number of hydrogen-bond acceptors (Lipinski definition) is 3. The van der Waals surface area contributed by atoms with Gasteiger partial charge in [-0.05, 0) is 56.5 Å². The number of halogens is 2. The highest BCUT2D eigenvalue weighted by atomic mass is 79.9. The van der Waals surface area contributed by atoms with Gasteiger partial charge >= 0.3 is 0 Å². The molecule has 1 unspecified atom stereocenters. The fraction of sp³-hybridized carbons (Fsp3) is 0.462. The second-order valence-electron chi connectivity index (χ2n) is 4.13. The zero-order valence-corrected chi connectivity index (χ0v) is 14.2. The molecule has 0 saturated heterocycles. The largest absolute Gasteiger partial charge is 0.383 e. The molecule has 19 heavy (non-hydrogen) atoms. The number of amides is 1. The third kappa shape index (κ3) is 6.03. The zero-order valence-electron chi connectivity index (χ0n) is 11.0. The average molecular weight is 394 g/mol. The lowest BCUT2D eigenvalue weighted by Gasteiger charge is -2.14. The van der Waals surface area contributed by atoms with Crippen molar-refractivity contribution in [1.29, 1.82) is 0 Å². The maximum Gasteiger partial charge on any atom is 0.236 e. The highest BCUT2D eigenvalue weighted by Crippen LogP contribution is 2.23. The number of carbonyl (C=O) groups is 1. The van der Waals surface area contributed by atoms with Crippen LogP contribution < -0.4 is 10.6 Å². The number of benzene rings is 1. The van der Waals surface area contributed by atoms with Gasteiger partial charge in [0.25, 0.3) is 0 Å². The monoisotopic (exact) mass is 392 g/mol. The number of hydrogen-bond donors (Lipinski definition) is 2. The molecular weight excluding hydrogens is 376 g/mol. The number of rotatable bonds is 7. The van der Waals surface area contributed by atoms with Crippen LogP contribution in [0.15, 0.2) is 27.1 Å². The van der Waals surface area contributed by atoms with Gasteiger partial charge in [-0.15, -0.1) is 0 Å². The standard InChI is InChI=1S/C13H18Br2N2O2/c1-9(13(18)16-5-6-19-2)17-8-10-3-4-11(14)12(15)7-10/h3-4,7,9,17H,5-6,8H2,1-2H3,(H,16,18). The van der Waals surface area contributed by atoms with Crippen molar-refractivity contribution in [1.82, 2.24) is 10.6 Å². The number of methoxy groups -OCH3 is 1. The Kier molecular flexibility index (Phi) is 7.60. The Morgan fingerprint density at radius 2 is 2.11 bits per heavy atom. The van der Waals surface area contributed by atoms with Crippen LogP contribution in [0.2, 0.25) is 0 Å². The van der Waals surface area contributed by atoms with Gasteiger partial charge in [-0.25, -0.2) is 0 Å². The fourth-order valence-electron chi connectivity index (χ4n) is 1.44.